The smallest absolute Gasteiger partial charge is 0.230 e. The fourth-order valence-electron chi connectivity index (χ4n) is 5.06. The Kier molecular flexibility index (Phi) is 7.55. The van der Waals surface area contributed by atoms with Gasteiger partial charge in [0.2, 0.25) is 17.7 Å². The normalized spacial score (nSPS) is 16.7. The number of carbonyl (C=O) groups is 1. The van der Waals surface area contributed by atoms with Crippen molar-refractivity contribution in [2.45, 2.75) is 32.2 Å². The van der Waals surface area contributed by atoms with Gasteiger partial charge in [0.25, 0.3) is 0 Å². The summed E-state index contributed by atoms with van der Waals surface area (Å²) in [5.74, 6) is 2.36. The van der Waals surface area contributed by atoms with E-state index >= 15 is 0 Å². The van der Waals surface area contributed by atoms with Gasteiger partial charge < -0.3 is 24.2 Å². The molecule has 0 radical (unpaired) electrons. The number of ether oxygens (including phenoxy) is 2. The highest BCUT2D eigenvalue weighted by Crippen LogP contribution is 2.36. The maximum absolute atomic E-state index is 13.7. The number of fused-ring (bicyclic) bond motifs is 1. The molecule has 8 heteroatoms. The summed E-state index contributed by atoms with van der Waals surface area (Å²) >= 11 is 0. The summed E-state index contributed by atoms with van der Waals surface area (Å²) in [5.41, 5.74) is 2.87. The van der Waals surface area contributed by atoms with Gasteiger partial charge in [0.15, 0.2) is 11.5 Å². The van der Waals surface area contributed by atoms with Gasteiger partial charge in [-0.25, -0.2) is 4.98 Å². The molecule has 1 aromatic heterocycles. The van der Waals surface area contributed by atoms with Crippen LogP contribution in [0, 0.1) is 0 Å². The molecule has 1 saturated heterocycles. The second-order valence-corrected chi connectivity index (χ2v) is 9.68. The molecule has 0 bridgehead atoms. The lowest BCUT2D eigenvalue weighted by Crippen LogP contribution is -2.45. The second kappa shape index (κ2) is 11.2. The van der Waals surface area contributed by atoms with Crippen LogP contribution in [-0.4, -0.2) is 72.6 Å². The van der Waals surface area contributed by atoms with E-state index < -0.39 is 0 Å². The fourth-order valence-corrected chi connectivity index (χ4v) is 5.06. The van der Waals surface area contributed by atoms with Crippen LogP contribution < -0.4 is 14.4 Å². The molecule has 5 rings (SSSR count). The average Bonchev–Trinajstić information content (AvgIpc) is 2.94. The molecule has 2 aliphatic rings. The van der Waals surface area contributed by atoms with Crippen LogP contribution in [0.25, 0.3) is 0 Å². The van der Waals surface area contributed by atoms with Crippen LogP contribution in [0.4, 0.5) is 5.95 Å². The lowest BCUT2D eigenvalue weighted by atomic mass is 9.94. The topological polar surface area (TPSA) is 71.0 Å². The summed E-state index contributed by atoms with van der Waals surface area (Å²) in [6.07, 6.45) is 1.41. The van der Waals surface area contributed by atoms with Gasteiger partial charge in [-0.05, 0) is 31.2 Å². The van der Waals surface area contributed by atoms with Crippen molar-refractivity contribution in [3.05, 3.63) is 71.4 Å². The zero-order valence-electron chi connectivity index (χ0n) is 21.9. The van der Waals surface area contributed by atoms with Crippen LogP contribution in [0.1, 0.15) is 36.1 Å². The quantitative estimate of drug-likeness (QED) is 0.483. The molecular formula is C29H35N5O3. The van der Waals surface area contributed by atoms with Crippen molar-refractivity contribution in [3.63, 3.8) is 0 Å². The third-order valence-corrected chi connectivity index (χ3v) is 7.29. The number of para-hydroxylation sites is 2. The zero-order chi connectivity index (χ0) is 25.8. The number of methoxy groups -OCH3 is 1. The summed E-state index contributed by atoms with van der Waals surface area (Å²) in [7, 11) is 3.76. The monoisotopic (exact) mass is 501 g/mol. The third kappa shape index (κ3) is 5.39. The van der Waals surface area contributed by atoms with Crippen LogP contribution in [0.3, 0.4) is 0 Å². The Bertz CT molecular complexity index is 1230. The zero-order valence-corrected chi connectivity index (χ0v) is 21.9. The van der Waals surface area contributed by atoms with Gasteiger partial charge >= 0.3 is 0 Å². The standard InChI is InChI=1S/C29H35N5O3/c1-4-22(21-10-6-5-7-11-21)28(35)34-15-14-24-23(20-34)27(37-26-13-9-8-12-25(26)36-3)31-29(30-24)33-18-16-32(2)17-19-33/h5-13,22H,4,14-20H2,1-3H3/t22-/m1/s1. The predicted octanol–water partition coefficient (Wildman–Crippen LogP) is 4.11. The summed E-state index contributed by atoms with van der Waals surface area (Å²) in [6, 6.07) is 17.6. The van der Waals surface area contributed by atoms with E-state index in [9.17, 15) is 4.79 Å². The van der Waals surface area contributed by atoms with Gasteiger partial charge in [0, 0.05) is 39.1 Å². The molecule has 1 amide bonds. The van der Waals surface area contributed by atoms with Crippen LogP contribution in [0.5, 0.6) is 17.4 Å². The Morgan fingerprint density at radius 3 is 2.35 bits per heavy atom. The van der Waals surface area contributed by atoms with E-state index in [1.807, 2.05) is 59.5 Å². The molecule has 0 spiro atoms. The van der Waals surface area contributed by atoms with Gasteiger partial charge in [-0.2, -0.15) is 4.98 Å². The molecule has 37 heavy (non-hydrogen) atoms. The molecule has 1 atom stereocenters. The van der Waals surface area contributed by atoms with Gasteiger partial charge in [-0.1, -0.05) is 49.4 Å². The number of hydrogen-bond acceptors (Lipinski definition) is 7. The number of likely N-dealkylation sites (N-methyl/N-ethyl adjacent to an activating group) is 1. The van der Waals surface area contributed by atoms with Crippen molar-refractivity contribution >= 4 is 11.9 Å². The van der Waals surface area contributed by atoms with Crippen molar-refractivity contribution in [1.29, 1.82) is 0 Å². The summed E-state index contributed by atoms with van der Waals surface area (Å²) in [5, 5.41) is 0. The number of carbonyl (C=O) groups excluding carboxylic acids is 1. The SMILES string of the molecule is CC[C@@H](C(=O)N1CCc2nc(N3CCN(C)CC3)nc(Oc3ccccc3OC)c2C1)c1ccccc1. The maximum atomic E-state index is 13.7. The maximum Gasteiger partial charge on any atom is 0.230 e. The third-order valence-electron chi connectivity index (χ3n) is 7.29. The van der Waals surface area contributed by atoms with Crippen LogP contribution in [0.2, 0.25) is 0 Å². The molecule has 3 aromatic rings. The van der Waals surface area contributed by atoms with Crippen molar-refractivity contribution < 1.29 is 14.3 Å². The number of anilines is 1. The first-order valence-electron chi connectivity index (χ1n) is 13.0. The van der Waals surface area contributed by atoms with Crippen LogP contribution in [0.15, 0.2) is 54.6 Å². The average molecular weight is 502 g/mol. The lowest BCUT2D eigenvalue weighted by Gasteiger charge is -2.35. The lowest BCUT2D eigenvalue weighted by molar-refractivity contribution is -0.133. The highest BCUT2D eigenvalue weighted by atomic mass is 16.5. The van der Waals surface area contributed by atoms with Gasteiger partial charge in [0.05, 0.1) is 30.8 Å². The summed E-state index contributed by atoms with van der Waals surface area (Å²) in [6.45, 7) is 6.77. The summed E-state index contributed by atoms with van der Waals surface area (Å²) < 4.78 is 11.9. The number of amides is 1. The van der Waals surface area contributed by atoms with Crippen molar-refractivity contribution in [3.8, 4) is 17.4 Å². The number of rotatable bonds is 7. The Hall–Kier alpha value is -3.65. The van der Waals surface area contributed by atoms with Gasteiger partial charge in [0.1, 0.15) is 0 Å². The highest BCUT2D eigenvalue weighted by Gasteiger charge is 2.31. The predicted molar refractivity (Wildman–Crippen MR) is 143 cm³/mol. The van der Waals surface area contributed by atoms with E-state index in [1.165, 1.54) is 0 Å². The Morgan fingerprint density at radius 2 is 1.65 bits per heavy atom. The number of benzene rings is 2. The molecule has 0 saturated carbocycles. The minimum absolute atomic E-state index is 0.130. The van der Waals surface area contributed by atoms with Crippen molar-refractivity contribution in [1.82, 2.24) is 19.8 Å². The molecule has 3 heterocycles. The molecule has 2 aromatic carbocycles. The molecule has 1 fully saturated rings. The number of aromatic nitrogens is 2. The number of piperazine rings is 1. The minimum Gasteiger partial charge on any atom is -0.493 e. The largest absolute Gasteiger partial charge is 0.493 e. The fraction of sp³-hybridized carbons (Fsp3) is 0.414. The van der Waals surface area contributed by atoms with E-state index in [0.717, 1.165) is 49.4 Å². The minimum atomic E-state index is -0.174. The molecule has 0 N–H and O–H groups in total. The molecule has 8 nitrogen and oxygen atoms in total. The molecular weight excluding hydrogens is 466 g/mol. The van der Waals surface area contributed by atoms with Crippen molar-refractivity contribution in [2.24, 2.45) is 0 Å². The van der Waals surface area contributed by atoms with Crippen LogP contribution in [-0.2, 0) is 17.8 Å². The van der Waals surface area contributed by atoms with Gasteiger partial charge in [-0.15, -0.1) is 0 Å². The Morgan fingerprint density at radius 1 is 0.946 bits per heavy atom. The van der Waals surface area contributed by atoms with E-state index in [-0.39, 0.29) is 11.8 Å². The second-order valence-electron chi connectivity index (χ2n) is 9.68. The van der Waals surface area contributed by atoms with E-state index in [2.05, 4.69) is 23.8 Å². The molecule has 194 valence electrons. The van der Waals surface area contributed by atoms with E-state index in [1.54, 1.807) is 7.11 Å². The van der Waals surface area contributed by atoms with Gasteiger partial charge in [-0.3, -0.25) is 4.79 Å². The Labute approximate surface area is 218 Å². The van der Waals surface area contributed by atoms with Crippen LogP contribution >= 0.6 is 0 Å². The molecule has 0 unspecified atom stereocenters. The number of nitrogens with zero attached hydrogens (tertiary/aromatic N) is 5. The highest BCUT2D eigenvalue weighted by molar-refractivity contribution is 5.84. The first-order valence-corrected chi connectivity index (χ1v) is 13.0. The van der Waals surface area contributed by atoms with E-state index in [4.69, 9.17) is 19.4 Å². The first-order chi connectivity index (χ1) is 18.1. The van der Waals surface area contributed by atoms with E-state index in [0.29, 0.717) is 42.8 Å². The van der Waals surface area contributed by atoms with Crippen molar-refractivity contribution in [2.75, 3.05) is 51.8 Å². The molecule has 0 aliphatic carbocycles. The molecule has 2 aliphatic heterocycles. The number of hydrogen-bond donors (Lipinski definition) is 0. The Balaban J connectivity index is 1.48. The summed E-state index contributed by atoms with van der Waals surface area (Å²) in [4.78, 5) is 30.0. The first kappa shape index (κ1) is 25.0.